The lowest BCUT2D eigenvalue weighted by atomic mass is 9.99. The third-order valence-electron chi connectivity index (χ3n) is 5.70. The molecule has 1 atom stereocenters. The van der Waals surface area contributed by atoms with Crippen molar-refractivity contribution in [2.75, 3.05) is 33.8 Å². The number of piperidine rings is 1. The molecule has 0 aromatic heterocycles. The fourth-order valence-electron chi connectivity index (χ4n) is 3.72. The fraction of sp³-hybridized carbons (Fsp3) is 0.435. The van der Waals surface area contributed by atoms with Crippen LogP contribution in [0, 0.1) is 5.92 Å². The molecule has 0 radical (unpaired) electrons. The maximum Gasteiger partial charge on any atom is 0.243 e. The van der Waals surface area contributed by atoms with Crippen LogP contribution in [0.1, 0.15) is 25.3 Å². The lowest BCUT2D eigenvalue weighted by Crippen LogP contribution is -2.45. The highest BCUT2D eigenvalue weighted by Crippen LogP contribution is 2.25. The van der Waals surface area contributed by atoms with Gasteiger partial charge >= 0.3 is 0 Å². The average molecular weight is 510 g/mol. The fourth-order valence-corrected chi connectivity index (χ4v) is 6.15. The van der Waals surface area contributed by atoms with E-state index in [1.807, 2.05) is 6.92 Å². The van der Waals surface area contributed by atoms with Crippen LogP contribution in [0.25, 0.3) is 0 Å². The number of sulfonamides is 2. The van der Waals surface area contributed by atoms with Crippen LogP contribution in [0.4, 0.5) is 0 Å². The Bertz CT molecular complexity index is 1190. The van der Waals surface area contributed by atoms with E-state index in [0.29, 0.717) is 31.7 Å². The van der Waals surface area contributed by atoms with Crippen LogP contribution in [0.15, 0.2) is 58.3 Å². The second-order valence-corrected chi connectivity index (χ2v) is 12.3. The quantitative estimate of drug-likeness (QED) is 0.554. The zero-order chi connectivity index (χ0) is 24.9. The second kappa shape index (κ2) is 10.9. The summed E-state index contributed by atoms with van der Waals surface area (Å²) in [5, 5.41) is 2.85. The van der Waals surface area contributed by atoms with Crippen molar-refractivity contribution in [2.24, 2.45) is 5.92 Å². The molecule has 1 aliphatic heterocycles. The van der Waals surface area contributed by atoms with E-state index in [-0.39, 0.29) is 28.8 Å². The van der Waals surface area contributed by atoms with Crippen LogP contribution in [0.3, 0.4) is 0 Å². The van der Waals surface area contributed by atoms with Gasteiger partial charge in [-0.15, -0.1) is 0 Å². The average Bonchev–Trinajstić information content (AvgIpc) is 2.83. The van der Waals surface area contributed by atoms with Gasteiger partial charge in [0.25, 0.3) is 0 Å². The molecule has 2 aromatic carbocycles. The van der Waals surface area contributed by atoms with Crippen molar-refractivity contribution in [1.29, 1.82) is 0 Å². The number of carbonyl (C=O) groups excluding carboxylic acids is 1. The summed E-state index contributed by atoms with van der Waals surface area (Å²) in [7, 11) is -4.30. The molecule has 9 nitrogen and oxygen atoms in total. The molecular weight excluding hydrogens is 478 g/mol. The zero-order valence-corrected chi connectivity index (χ0v) is 21.2. The SMILES string of the molecule is CCOc1ccc(S(=O)(=O)N2CCC[C@H](C(=O)NCc3ccc(S(=O)(=O)N(C)C)cc3)C2)cc1. The summed E-state index contributed by atoms with van der Waals surface area (Å²) in [6.45, 7) is 3.05. The Labute approximate surface area is 201 Å². The van der Waals surface area contributed by atoms with E-state index in [1.165, 1.54) is 42.7 Å². The van der Waals surface area contributed by atoms with Gasteiger partial charge in [-0.25, -0.2) is 21.1 Å². The van der Waals surface area contributed by atoms with E-state index < -0.39 is 26.0 Å². The number of ether oxygens (including phenoxy) is 1. The first-order valence-corrected chi connectivity index (χ1v) is 14.0. The van der Waals surface area contributed by atoms with Gasteiger partial charge in [-0.05, 0) is 61.7 Å². The Kier molecular flexibility index (Phi) is 8.34. The van der Waals surface area contributed by atoms with Crippen molar-refractivity contribution in [3.63, 3.8) is 0 Å². The van der Waals surface area contributed by atoms with Crippen LogP contribution < -0.4 is 10.1 Å². The number of hydrogen-bond acceptors (Lipinski definition) is 6. The summed E-state index contributed by atoms with van der Waals surface area (Å²) in [6.07, 6.45) is 1.19. The molecule has 0 aliphatic carbocycles. The maximum atomic E-state index is 13.1. The van der Waals surface area contributed by atoms with E-state index in [0.717, 1.165) is 9.87 Å². The van der Waals surface area contributed by atoms with Gasteiger partial charge in [0, 0.05) is 33.7 Å². The maximum absolute atomic E-state index is 13.1. The van der Waals surface area contributed by atoms with Crippen LogP contribution >= 0.6 is 0 Å². The van der Waals surface area contributed by atoms with Gasteiger partial charge in [-0.3, -0.25) is 4.79 Å². The molecule has 11 heteroatoms. The summed E-state index contributed by atoms with van der Waals surface area (Å²) in [6, 6.07) is 12.6. The summed E-state index contributed by atoms with van der Waals surface area (Å²) in [4.78, 5) is 13.1. The van der Waals surface area contributed by atoms with Crippen molar-refractivity contribution < 1.29 is 26.4 Å². The molecular formula is C23H31N3O6S2. The molecule has 34 heavy (non-hydrogen) atoms. The summed E-state index contributed by atoms with van der Waals surface area (Å²) in [5.41, 5.74) is 0.751. The molecule has 0 saturated carbocycles. The van der Waals surface area contributed by atoms with Crippen molar-refractivity contribution in [3.8, 4) is 5.75 Å². The largest absolute Gasteiger partial charge is 0.494 e. The third-order valence-corrected chi connectivity index (χ3v) is 9.40. The van der Waals surface area contributed by atoms with Gasteiger partial charge in [0.05, 0.1) is 22.3 Å². The van der Waals surface area contributed by atoms with Crippen molar-refractivity contribution in [1.82, 2.24) is 13.9 Å². The van der Waals surface area contributed by atoms with E-state index in [9.17, 15) is 21.6 Å². The predicted molar refractivity (Wildman–Crippen MR) is 128 cm³/mol. The molecule has 0 bridgehead atoms. The number of rotatable bonds is 9. The number of nitrogens with one attached hydrogen (secondary N) is 1. The van der Waals surface area contributed by atoms with Crippen molar-refractivity contribution in [2.45, 2.75) is 36.1 Å². The Morgan fingerprint density at radius 2 is 1.65 bits per heavy atom. The first-order chi connectivity index (χ1) is 16.1. The molecule has 1 fully saturated rings. The molecule has 1 N–H and O–H groups in total. The standard InChI is InChI=1S/C23H31N3O6S2/c1-4-32-20-9-13-22(14-10-20)34(30,31)26-15-5-6-19(17-26)23(27)24-16-18-7-11-21(12-8-18)33(28,29)25(2)3/h7-14,19H,4-6,15-17H2,1-3H3,(H,24,27)/t19-/m0/s1. The van der Waals surface area contributed by atoms with E-state index in [1.54, 1.807) is 24.3 Å². The molecule has 0 unspecified atom stereocenters. The van der Waals surface area contributed by atoms with Crippen LogP contribution in [-0.4, -0.2) is 65.1 Å². The van der Waals surface area contributed by atoms with Gasteiger partial charge in [-0.1, -0.05) is 12.1 Å². The minimum atomic E-state index is -3.72. The molecule has 1 heterocycles. The van der Waals surface area contributed by atoms with Crippen LogP contribution in [-0.2, 0) is 31.4 Å². The molecule has 3 rings (SSSR count). The molecule has 1 aliphatic rings. The molecule has 0 spiro atoms. The Hall–Kier alpha value is -2.47. The molecule has 1 saturated heterocycles. The third kappa shape index (κ3) is 5.96. The Morgan fingerprint density at radius 1 is 1.03 bits per heavy atom. The van der Waals surface area contributed by atoms with E-state index >= 15 is 0 Å². The van der Waals surface area contributed by atoms with E-state index in [2.05, 4.69) is 5.32 Å². The summed E-state index contributed by atoms with van der Waals surface area (Å²) < 4.78 is 58.3. The van der Waals surface area contributed by atoms with Gasteiger partial charge in [0.1, 0.15) is 5.75 Å². The first kappa shape index (κ1) is 26.1. The van der Waals surface area contributed by atoms with Crippen LogP contribution in [0.5, 0.6) is 5.75 Å². The van der Waals surface area contributed by atoms with E-state index in [4.69, 9.17) is 4.74 Å². The monoisotopic (exact) mass is 509 g/mol. The number of hydrogen-bond donors (Lipinski definition) is 1. The lowest BCUT2D eigenvalue weighted by molar-refractivity contribution is -0.126. The Balaban J connectivity index is 1.61. The first-order valence-electron chi connectivity index (χ1n) is 11.1. The highest BCUT2D eigenvalue weighted by atomic mass is 32.2. The Morgan fingerprint density at radius 3 is 2.24 bits per heavy atom. The highest BCUT2D eigenvalue weighted by molar-refractivity contribution is 7.89. The zero-order valence-electron chi connectivity index (χ0n) is 19.6. The molecule has 186 valence electrons. The topological polar surface area (TPSA) is 113 Å². The highest BCUT2D eigenvalue weighted by Gasteiger charge is 2.33. The number of benzene rings is 2. The number of nitrogens with zero attached hydrogens (tertiary/aromatic N) is 2. The van der Waals surface area contributed by atoms with Gasteiger partial charge in [-0.2, -0.15) is 4.31 Å². The molecule has 1 amide bonds. The predicted octanol–water partition coefficient (Wildman–Crippen LogP) is 2.05. The van der Waals surface area contributed by atoms with Gasteiger partial charge in [0.15, 0.2) is 0 Å². The second-order valence-electron chi connectivity index (χ2n) is 8.26. The minimum absolute atomic E-state index is 0.112. The van der Waals surface area contributed by atoms with Crippen molar-refractivity contribution in [3.05, 3.63) is 54.1 Å². The van der Waals surface area contributed by atoms with Crippen molar-refractivity contribution >= 4 is 26.0 Å². The van der Waals surface area contributed by atoms with Gasteiger partial charge < -0.3 is 10.1 Å². The summed E-state index contributed by atoms with van der Waals surface area (Å²) in [5.74, 6) is -0.0825. The van der Waals surface area contributed by atoms with Gasteiger partial charge in [0.2, 0.25) is 26.0 Å². The molecule has 2 aromatic rings. The minimum Gasteiger partial charge on any atom is -0.494 e. The van der Waals surface area contributed by atoms with Crippen LogP contribution in [0.2, 0.25) is 0 Å². The normalized spacial score (nSPS) is 17.5. The lowest BCUT2D eigenvalue weighted by Gasteiger charge is -2.31. The smallest absolute Gasteiger partial charge is 0.243 e. The summed E-state index contributed by atoms with van der Waals surface area (Å²) >= 11 is 0. The number of carbonyl (C=O) groups is 1. The number of amides is 1.